The molecule has 1 heterocycles. The Morgan fingerprint density at radius 1 is 1.60 bits per heavy atom. The van der Waals surface area contributed by atoms with Gasteiger partial charge in [0.05, 0.1) is 4.92 Å². The quantitative estimate of drug-likeness (QED) is 0.537. The number of carbonyl (C=O) groups is 1. The Morgan fingerprint density at radius 2 is 2.35 bits per heavy atom. The Balaban J connectivity index is 2.18. The van der Waals surface area contributed by atoms with Crippen LogP contribution in [0, 0.1) is 10.1 Å². The van der Waals surface area contributed by atoms with Gasteiger partial charge in [-0.05, 0) is 26.0 Å². The predicted molar refractivity (Wildman–Crippen MR) is 74.3 cm³/mol. The molecular weight excluding hydrogens is 260 g/mol. The van der Waals surface area contributed by atoms with E-state index in [0.717, 1.165) is 19.5 Å². The standard InChI is InChI=1S/C13H18N4O3/c1-13(4-5-15-8-13)16-7-10-3-2-9(12(14)18)6-11(10)17(19)20/h2-3,6,15-16H,4-5,7-8H2,1H3,(H2,14,18). The van der Waals surface area contributed by atoms with Crippen molar-refractivity contribution in [2.75, 3.05) is 13.1 Å². The number of nitrogens with two attached hydrogens (primary N) is 1. The van der Waals surface area contributed by atoms with Crippen LogP contribution >= 0.6 is 0 Å². The number of nitrogens with zero attached hydrogens (tertiary/aromatic N) is 1. The van der Waals surface area contributed by atoms with Crippen molar-refractivity contribution >= 4 is 11.6 Å². The van der Waals surface area contributed by atoms with Crippen molar-refractivity contribution in [3.8, 4) is 0 Å². The molecule has 0 aliphatic carbocycles. The fraction of sp³-hybridized carbons (Fsp3) is 0.462. The van der Waals surface area contributed by atoms with Crippen LogP contribution in [-0.2, 0) is 6.54 Å². The zero-order valence-electron chi connectivity index (χ0n) is 11.3. The van der Waals surface area contributed by atoms with Crippen molar-refractivity contribution in [2.24, 2.45) is 5.73 Å². The van der Waals surface area contributed by atoms with Crippen LogP contribution in [-0.4, -0.2) is 29.5 Å². The fourth-order valence-electron chi connectivity index (χ4n) is 2.31. The van der Waals surface area contributed by atoms with Gasteiger partial charge in [-0.25, -0.2) is 0 Å². The molecule has 4 N–H and O–H groups in total. The Morgan fingerprint density at radius 3 is 2.90 bits per heavy atom. The summed E-state index contributed by atoms with van der Waals surface area (Å²) >= 11 is 0. The number of hydrogen-bond acceptors (Lipinski definition) is 5. The van der Waals surface area contributed by atoms with Crippen LogP contribution in [0.2, 0.25) is 0 Å². The monoisotopic (exact) mass is 278 g/mol. The number of primary amides is 1. The number of hydrogen-bond donors (Lipinski definition) is 3. The lowest BCUT2D eigenvalue weighted by Crippen LogP contribution is -2.43. The molecule has 1 fully saturated rings. The van der Waals surface area contributed by atoms with Gasteiger partial charge in [-0.3, -0.25) is 14.9 Å². The number of nitro groups is 1. The van der Waals surface area contributed by atoms with Crippen LogP contribution in [0.3, 0.4) is 0 Å². The molecule has 1 aliphatic heterocycles. The Labute approximate surface area is 116 Å². The summed E-state index contributed by atoms with van der Waals surface area (Å²) in [6, 6.07) is 4.33. The zero-order valence-corrected chi connectivity index (χ0v) is 11.3. The van der Waals surface area contributed by atoms with Crippen LogP contribution < -0.4 is 16.4 Å². The maximum Gasteiger partial charge on any atom is 0.274 e. The highest BCUT2D eigenvalue weighted by molar-refractivity contribution is 5.93. The van der Waals surface area contributed by atoms with E-state index in [-0.39, 0.29) is 16.8 Å². The molecule has 1 aliphatic rings. The number of carbonyl (C=O) groups excluding carboxylic acids is 1. The van der Waals surface area contributed by atoms with Gasteiger partial charge >= 0.3 is 0 Å². The predicted octanol–water partition coefficient (Wildman–Crippen LogP) is 0.535. The van der Waals surface area contributed by atoms with Crippen molar-refractivity contribution in [1.29, 1.82) is 0 Å². The number of nitro benzene ring substituents is 1. The largest absolute Gasteiger partial charge is 0.366 e. The average molecular weight is 278 g/mol. The van der Waals surface area contributed by atoms with Crippen LogP contribution in [0.4, 0.5) is 5.69 Å². The minimum Gasteiger partial charge on any atom is -0.366 e. The molecular formula is C13H18N4O3. The van der Waals surface area contributed by atoms with Crippen LogP contribution in [0.25, 0.3) is 0 Å². The molecule has 0 aromatic heterocycles. The lowest BCUT2D eigenvalue weighted by molar-refractivity contribution is -0.385. The molecule has 1 aromatic rings. The van der Waals surface area contributed by atoms with Crippen molar-refractivity contribution in [1.82, 2.24) is 10.6 Å². The SMILES string of the molecule is CC1(NCc2ccc(C(N)=O)cc2[N+](=O)[O-])CCNC1. The molecule has 0 bridgehead atoms. The maximum absolute atomic E-state index is 11.1. The van der Waals surface area contributed by atoms with Gasteiger partial charge in [-0.15, -0.1) is 0 Å². The molecule has 0 radical (unpaired) electrons. The van der Waals surface area contributed by atoms with Gasteiger partial charge in [0.2, 0.25) is 5.91 Å². The highest BCUT2D eigenvalue weighted by atomic mass is 16.6. The molecule has 0 saturated carbocycles. The van der Waals surface area contributed by atoms with Gasteiger partial charge < -0.3 is 16.4 Å². The Kier molecular flexibility index (Phi) is 4.01. The topological polar surface area (TPSA) is 110 Å². The van der Waals surface area contributed by atoms with Crippen molar-refractivity contribution in [3.05, 3.63) is 39.4 Å². The summed E-state index contributed by atoms with van der Waals surface area (Å²) in [4.78, 5) is 21.7. The second kappa shape index (κ2) is 5.56. The summed E-state index contributed by atoms with van der Waals surface area (Å²) in [5.74, 6) is -0.667. The normalized spacial score (nSPS) is 21.9. The van der Waals surface area contributed by atoms with E-state index in [9.17, 15) is 14.9 Å². The molecule has 2 rings (SSSR count). The van der Waals surface area contributed by atoms with Crippen molar-refractivity contribution in [3.63, 3.8) is 0 Å². The molecule has 0 spiro atoms. The number of benzene rings is 1. The molecule has 108 valence electrons. The summed E-state index contributed by atoms with van der Waals surface area (Å²) in [6.07, 6.45) is 0.972. The molecule has 7 nitrogen and oxygen atoms in total. The minimum absolute atomic E-state index is 0.0593. The fourth-order valence-corrected chi connectivity index (χ4v) is 2.31. The Bertz CT molecular complexity index is 538. The first-order chi connectivity index (χ1) is 9.41. The smallest absolute Gasteiger partial charge is 0.274 e. The first-order valence-electron chi connectivity index (χ1n) is 6.44. The van der Waals surface area contributed by atoms with E-state index < -0.39 is 10.8 Å². The van der Waals surface area contributed by atoms with E-state index in [1.54, 1.807) is 6.07 Å². The van der Waals surface area contributed by atoms with E-state index in [0.29, 0.717) is 12.1 Å². The number of amides is 1. The minimum atomic E-state index is -0.667. The first-order valence-corrected chi connectivity index (χ1v) is 6.44. The second-order valence-electron chi connectivity index (χ2n) is 5.31. The Hall–Kier alpha value is -1.99. The van der Waals surface area contributed by atoms with Gasteiger partial charge in [-0.2, -0.15) is 0 Å². The second-order valence-corrected chi connectivity index (χ2v) is 5.31. The average Bonchev–Trinajstić information content (AvgIpc) is 2.83. The number of nitrogens with one attached hydrogen (secondary N) is 2. The molecule has 1 unspecified atom stereocenters. The van der Waals surface area contributed by atoms with E-state index in [2.05, 4.69) is 17.6 Å². The molecule has 20 heavy (non-hydrogen) atoms. The summed E-state index contributed by atoms with van der Waals surface area (Å²) in [5.41, 5.74) is 5.70. The maximum atomic E-state index is 11.1. The summed E-state index contributed by atoms with van der Waals surface area (Å²) in [6.45, 7) is 4.23. The lowest BCUT2D eigenvalue weighted by Gasteiger charge is -2.24. The molecule has 1 amide bonds. The van der Waals surface area contributed by atoms with Gasteiger partial charge in [0.1, 0.15) is 0 Å². The lowest BCUT2D eigenvalue weighted by atomic mass is 10.0. The highest BCUT2D eigenvalue weighted by Gasteiger charge is 2.28. The number of rotatable bonds is 5. The molecule has 1 saturated heterocycles. The summed E-state index contributed by atoms with van der Waals surface area (Å²) in [5, 5.41) is 17.7. The van der Waals surface area contributed by atoms with Gasteiger partial charge in [-0.1, -0.05) is 6.07 Å². The highest BCUT2D eigenvalue weighted by Crippen LogP contribution is 2.22. The summed E-state index contributed by atoms with van der Waals surface area (Å²) < 4.78 is 0. The van der Waals surface area contributed by atoms with Crippen molar-refractivity contribution in [2.45, 2.75) is 25.4 Å². The molecule has 1 atom stereocenters. The third-order valence-corrected chi connectivity index (χ3v) is 3.64. The molecule has 1 aromatic carbocycles. The van der Waals surface area contributed by atoms with Gasteiger partial charge in [0.15, 0.2) is 0 Å². The third kappa shape index (κ3) is 3.12. The van der Waals surface area contributed by atoms with E-state index in [1.807, 2.05) is 0 Å². The van der Waals surface area contributed by atoms with Crippen LogP contribution in [0.1, 0.15) is 29.3 Å². The molecule has 7 heteroatoms. The zero-order chi connectivity index (χ0) is 14.8. The van der Waals surface area contributed by atoms with E-state index in [4.69, 9.17) is 5.73 Å². The first kappa shape index (κ1) is 14.4. The van der Waals surface area contributed by atoms with E-state index >= 15 is 0 Å². The third-order valence-electron chi connectivity index (χ3n) is 3.64. The summed E-state index contributed by atoms with van der Waals surface area (Å²) in [7, 11) is 0. The van der Waals surface area contributed by atoms with Gasteiger partial charge in [0.25, 0.3) is 5.69 Å². The van der Waals surface area contributed by atoms with E-state index in [1.165, 1.54) is 12.1 Å². The van der Waals surface area contributed by atoms with Crippen LogP contribution in [0.15, 0.2) is 18.2 Å². The van der Waals surface area contributed by atoms with Crippen molar-refractivity contribution < 1.29 is 9.72 Å². The van der Waals surface area contributed by atoms with Crippen LogP contribution in [0.5, 0.6) is 0 Å². The van der Waals surface area contributed by atoms with Gasteiger partial charge in [0, 0.05) is 35.8 Å².